The molecule has 0 aromatic heterocycles. The molecular weight excluding hydrogens is 376 g/mol. The van der Waals surface area contributed by atoms with Crippen LogP contribution in [0.3, 0.4) is 0 Å². The maximum atomic E-state index is 12.7. The number of fused-ring (bicyclic) bond motifs is 1. The van der Waals surface area contributed by atoms with Crippen molar-refractivity contribution >= 4 is 17.8 Å². The summed E-state index contributed by atoms with van der Waals surface area (Å²) in [5.74, 6) is 0.509. The van der Waals surface area contributed by atoms with Crippen molar-refractivity contribution in [3.8, 4) is 5.75 Å². The Morgan fingerprint density at radius 3 is 2.40 bits per heavy atom. The van der Waals surface area contributed by atoms with Gasteiger partial charge in [0.1, 0.15) is 12.4 Å². The molecule has 0 bridgehead atoms. The molecule has 30 heavy (non-hydrogen) atoms. The summed E-state index contributed by atoms with van der Waals surface area (Å²) in [6, 6.07) is 22.7. The van der Waals surface area contributed by atoms with Gasteiger partial charge in [0.25, 0.3) is 0 Å². The van der Waals surface area contributed by atoms with Crippen LogP contribution < -0.4 is 4.74 Å². The third-order valence-corrected chi connectivity index (χ3v) is 5.22. The summed E-state index contributed by atoms with van der Waals surface area (Å²) in [4.78, 5) is 24.2. The van der Waals surface area contributed by atoms with Crippen LogP contribution in [0, 0.1) is 0 Å². The summed E-state index contributed by atoms with van der Waals surface area (Å²) in [7, 11) is 1.36. The Morgan fingerprint density at radius 1 is 0.933 bits per heavy atom. The molecule has 4 nitrogen and oxygen atoms in total. The third kappa shape index (κ3) is 4.33. The average Bonchev–Trinajstić information content (AvgIpc) is 2.80. The van der Waals surface area contributed by atoms with Crippen molar-refractivity contribution in [3.05, 3.63) is 106 Å². The number of allylic oxidation sites excluding steroid dienone is 1. The molecule has 0 fully saturated rings. The summed E-state index contributed by atoms with van der Waals surface area (Å²) in [6.45, 7) is 0.400. The van der Waals surface area contributed by atoms with E-state index in [1.165, 1.54) is 7.11 Å². The number of ketones is 1. The van der Waals surface area contributed by atoms with Gasteiger partial charge in [-0.25, -0.2) is 4.79 Å². The average molecular weight is 398 g/mol. The Kier molecular flexibility index (Phi) is 5.75. The van der Waals surface area contributed by atoms with Crippen LogP contribution in [0.5, 0.6) is 5.75 Å². The minimum atomic E-state index is -0.355. The summed E-state index contributed by atoms with van der Waals surface area (Å²) < 4.78 is 10.5. The molecule has 0 unspecified atom stereocenters. The van der Waals surface area contributed by atoms with Gasteiger partial charge in [-0.3, -0.25) is 4.79 Å². The second-order valence-corrected chi connectivity index (χ2v) is 7.20. The highest BCUT2D eigenvalue weighted by Gasteiger charge is 2.21. The lowest BCUT2D eigenvalue weighted by atomic mass is 9.86. The smallest absolute Gasteiger partial charge is 0.337 e. The zero-order valence-corrected chi connectivity index (χ0v) is 16.8. The second kappa shape index (κ2) is 8.78. The van der Waals surface area contributed by atoms with Crippen LogP contribution >= 0.6 is 0 Å². The van der Waals surface area contributed by atoms with Crippen LogP contribution in [0.2, 0.25) is 0 Å². The fourth-order valence-electron chi connectivity index (χ4n) is 3.54. The van der Waals surface area contributed by atoms with Crippen molar-refractivity contribution in [2.75, 3.05) is 7.11 Å². The SMILES string of the molecule is COC(=O)c1ccc(COc2ccc(C=C3CCc4ccccc4C3=O)cc2)cc1. The number of methoxy groups -OCH3 is 1. The van der Waals surface area contributed by atoms with Crippen molar-refractivity contribution in [2.45, 2.75) is 19.4 Å². The predicted molar refractivity (Wildman–Crippen MR) is 116 cm³/mol. The quantitative estimate of drug-likeness (QED) is 0.434. The van der Waals surface area contributed by atoms with Crippen molar-refractivity contribution < 1.29 is 19.1 Å². The number of hydrogen-bond acceptors (Lipinski definition) is 4. The fourth-order valence-corrected chi connectivity index (χ4v) is 3.54. The Hall–Kier alpha value is -3.66. The lowest BCUT2D eigenvalue weighted by Crippen LogP contribution is -2.13. The van der Waals surface area contributed by atoms with Gasteiger partial charge in [-0.15, -0.1) is 0 Å². The molecule has 0 spiro atoms. The molecule has 0 saturated heterocycles. The van der Waals surface area contributed by atoms with Gasteiger partial charge in [0.2, 0.25) is 0 Å². The van der Waals surface area contributed by atoms with Crippen LogP contribution in [0.1, 0.15) is 43.8 Å². The monoisotopic (exact) mass is 398 g/mol. The minimum Gasteiger partial charge on any atom is -0.489 e. The molecule has 0 heterocycles. The standard InChI is InChI=1S/C26H22O4/c1-29-26(28)21-10-6-19(7-11-21)17-30-23-14-8-18(9-15-23)16-22-13-12-20-4-2-3-5-24(20)25(22)27/h2-11,14-16H,12-13,17H2,1H3. The molecule has 0 N–H and O–H groups in total. The Morgan fingerprint density at radius 2 is 1.67 bits per heavy atom. The maximum Gasteiger partial charge on any atom is 0.337 e. The third-order valence-electron chi connectivity index (χ3n) is 5.22. The number of hydrogen-bond donors (Lipinski definition) is 0. The van der Waals surface area contributed by atoms with Gasteiger partial charge in [0.05, 0.1) is 12.7 Å². The molecule has 0 radical (unpaired) electrons. The zero-order valence-electron chi connectivity index (χ0n) is 16.8. The number of ether oxygens (including phenoxy) is 2. The number of rotatable bonds is 5. The first-order chi connectivity index (χ1) is 14.6. The second-order valence-electron chi connectivity index (χ2n) is 7.20. The molecule has 4 heteroatoms. The van der Waals surface area contributed by atoms with E-state index < -0.39 is 0 Å². The molecule has 150 valence electrons. The van der Waals surface area contributed by atoms with Gasteiger partial charge < -0.3 is 9.47 Å². The number of Topliss-reactive ketones (excluding diaryl/α,β-unsaturated/α-hetero) is 1. The summed E-state index contributed by atoms with van der Waals surface area (Å²) in [6.07, 6.45) is 3.62. The van der Waals surface area contributed by atoms with E-state index in [2.05, 4.69) is 0 Å². The highest BCUT2D eigenvalue weighted by Crippen LogP contribution is 2.27. The van der Waals surface area contributed by atoms with Crippen LogP contribution in [-0.2, 0) is 17.8 Å². The minimum absolute atomic E-state index is 0.118. The highest BCUT2D eigenvalue weighted by molar-refractivity contribution is 6.13. The largest absolute Gasteiger partial charge is 0.489 e. The van der Waals surface area contributed by atoms with E-state index in [1.54, 1.807) is 12.1 Å². The normalized spacial score (nSPS) is 14.3. The van der Waals surface area contributed by atoms with Crippen LogP contribution in [0.25, 0.3) is 6.08 Å². The summed E-state index contributed by atoms with van der Waals surface area (Å²) in [5.41, 5.74) is 5.23. The van der Waals surface area contributed by atoms with E-state index in [4.69, 9.17) is 9.47 Å². The Labute approximate surface area is 175 Å². The Bertz CT molecular complexity index is 1090. The van der Waals surface area contributed by atoms with E-state index in [0.29, 0.717) is 12.2 Å². The molecule has 1 aliphatic carbocycles. The molecule has 4 rings (SSSR count). The van der Waals surface area contributed by atoms with Gasteiger partial charge in [-0.05, 0) is 59.9 Å². The molecule has 0 atom stereocenters. The van der Waals surface area contributed by atoms with Gasteiger partial charge >= 0.3 is 5.97 Å². The lowest BCUT2D eigenvalue weighted by molar-refractivity contribution is 0.0600. The number of aryl methyl sites for hydroxylation is 1. The predicted octanol–water partition coefficient (Wildman–Crippen LogP) is 5.26. The Balaban J connectivity index is 1.39. The maximum absolute atomic E-state index is 12.7. The molecule has 0 saturated carbocycles. The topological polar surface area (TPSA) is 52.6 Å². The van der Waals surface area contributed by atoms with Gasteiger partial charge in [-0.1, -0.05) is 48.5 Å². The molecule has 3 aromatic rings. The van der Waals surface area contributed by atoms with E-state index in [1.807, 2.05) is 66.7 Å². The summed E-state index contributed by atoms with van der Waals surface area (Å²) in [5, 5.41) is 0. The van der Waals surface area contributed by atoms with Crippen molar-refractivity contribution in [1.82, 2.24) is 0 Å². The number of benzene rings is 3. The van der Waals surface area contributed by atoms with E-state index in [-0.39, 0.29) is 11.8 Å². The first-order valence-electron chi connectivity index (χ1n) is 9.87. The molecule has 0 amide bonds. The van der Waals surface area contributed by atoms with E-state index in [9.17, 15) is 9.59 Å². The first-order valence-corrected chi connectivity index (χ1v) is 9.87. The highest BCUT2D eigenvalue weighted by atomic mass is 16.5. The zero-order chi connectivity index (χ0) is 20.9. The van der Waals surface area contributed by atoms with Crippen LogP contribution in [-0.4, -0.2) is 18.9 Å². The number of carbonyl (C=O) groups is 2. The van der Waals surface area contributed by atoms with Gasteiger partial charge in [0.15, 0.2) is 5.78 Å². The molecular formula is C26H22O4. The summed E-state index contributed by atoms with van der Waals surface area (Å²) >= 11 is 0. The molecule has 0 aliphatic heterocycles. The van der Waals surface area contributed by atoms with Crippen molar-refractivity contribution in [3.63, 3.8) is 0 Å². The van der Waals surface area contributed by atoms with Gasteiger partial charge in [0, 0.05) is 11.1 Å². The van der Waals surface area contributed by atoms with Gasteiger partial charge in [-0.2, -0.15) is 0 Å². The van der Waals surface area contributed by atoms with Crippen molar-refractivity contribution in [2.24, 2.45) is 0 Å². The lowest BCUT2D eigenvalue weighted by Gasteiger charge is -2.17. The number of carbonyl (C=O) groups excluding carboxylic acids is 2. The van der Waals surface area contributed by atoms with Crippen LogP contribution in [0.4, 0.5) is 0 Å². The van der Waals surface area contributed by atoms with Crippen LogP contribution in [0.15, 0.2) is 78.4 Å². The first kappa shape index (κ1) is 19.6. The molecule has 1 aliphatic rings. The van der Waals surface area contributed by atoms with E-state index in [0.717, 1.165) is 46.4 Å². The fraction of sp³-hybridized carbons (Fsp3) is 0.154. The molecule has 3 aromatic carbocycles. The number of esters is 1. The van der Waals surface area contributed by atoms with Crippen molar-refractivity contribution in [1.29, 1.82) is 0 Å². The van der Waals surface area contributed by atoms with E-state index >= 15 is 0 Å².